The van der Waals surface area contributed by atoms with Gasteiger partial charge in [0, 0.05) is 0 Å². The highest BCUT2D eigenvalue weighted by Crippen LogP contribution is 2.39. The Balaban J connectivity index is 4.63. The summed E-state index contributed by atoms with van der Waals surface area (Å²) >= 11 is 0. The molecular formula is C26H52O2. The number of rotatable bonds is 21. The zero-order valence-corrected chi connectivity index (χ0v) is 19.9. The highest BCUT2D eigenvalue weighted by atomic mass is 16.4. The standard InChI is InChI=1S/C26H52O2/c1-5-9-12-14-15-17-19-21-24(20-18-16-13-10-6-2)23-26(8-4,25(27)28)22-11-7-3/h24H,5-23H2,1-4H3,(H,27,28). The van der Waals surface area contributed by atoms with E-state index in [1.54, 1.807) is 0 Å². The van der Waals surface area contributed by atoms with E-state index >= 15 is 0 Å². The second kappa shape index (κ2) is 18.5. The van der Waals surface area contributed by atoms with Gasteiger partial charge in [0.25, 0.3) is 0 Å². The zero-order valence-electron chi connectivity index (χ0n) is 19.9. The molecule has 0 saturated carbocycles. The lowest BCUT2D eigenvalue weighted by Crippen LogP contribution is -2.33. The number of unbranched alkanes of at least 4 members (excludes halogenated alkanes) is 11. The largest absolute Gasteiger partial charge is 0.481 e. The van der Waals surface area contributed by atoms with E-state index in [1.807, 2.05) is 0 Å². The van der Waals surface area contributed by atoms with E-state index < -0.39 is 11.4 Å². The number of carbonyl (C=O) groups is 1. The first kappa shape index (κ1) is 27.5. The summed E-state index contributed by atoms with van der Waals surface area (Å²) in [6.07, 6.45) is 23.2. The van der Waals surface area contributed by atoms with Crippen LogP contribution in [0.3, 0.4) is 0 Å². The van der Waals surface area contributed by atoms with Crippen LogP contribution in [0.2, 0.25) is 0 Å². The zero-order chi connectivity index (χ0) is 21.1. The molecule has 28 heavy (non-hydrogen) atoms. The third kappa shape index (κ3) is 12.8. The minimum atomic E-state index is -0.543. The summed E-state index contributed by atoms with van der Waals surface area (Å²) in [6.45, 7) is 8.80. The molecule has 0 aromatic heterocycles. The molecule has 0 aromatic rings. The maximum atomic E-state index is 12.2. The summed E-state index contributed by atoms with van der Waals surface area (Å²) in [5, 5.41) is 10.0. The van der Waals surface area contributed by atoms with E-state index in [-0.39, 0.29) is 0 Å². The van der Waals surface area contributed by atoms with Crippen LogP contribution >= 0.6 is 0 Å². The predicted molar refractivity (Wildman–Crippen MR) is 124 cm³/mol. The fraction of sp³-hybridized carbons (Fsp3) is 0.962. The number of carboxylic acid groups (broad SMARTS) is 1. The summed E-state index contributed by atoms with van der Waals surface area (Å²) < 4.78 is 0. The van der Waals surface area contributed by atoms with Crippen LogP contribution in [0.4, 0.5) is 0 Å². The van der Waals surface area contributed by atoms with Crippen LogP contribution in [0.1, 0.15) is 150 Å². The van der Waals surface area contributed by atoms with Crippen molar-refractivity contribution in [3.8, 4) is 0 Å². The summed E-state index contributed by atoms with van der Waals surface area (Å²) in [7, 11) is 0. The van der Waals surface area contributed by atoms with Crippen molar-refractivity contribution in [2.24, 2.45) is 11.3 Å². The lowest BCUT2D eigenvalue weighted by atomic mass is 9.71. The Labute approximate surface area is 177 Å². The van der Waals surface area contributed by atoms with Gasteiger partial charge >= 0.3 is 5.97 Å². The summed E-state index contributed by atoms with van der Waals surface area (Å²) in [5.41, 5.74) is -0.481. The highest BCUT2D eigenvalue weighted by Gasteiger charge is 2.37. The Morgan fingerprint density at radius 3 is 1.50 bits per heavy atom. The Morgan fingerprint density at radius 1 is 0.679 bits per heavy atom. The van der Waals surface area contributed by atoms with E-state index in [4.69, 9.17) is 0 Å². The van der Waals surface area contributed by atoms with Gasteiger partial charge in [0.1, 0.15) is 0 Å². The number of hydrogen-bond acceptors (Lipinski definition) is 1. The molecule has 2 atom stereocenters. The van der Waals surface area contributed by atoms with Crippen LogP contribution in [0.25, 0.3) is 0 Å². The van der Waals surface area contributed by atoms with Crippen molar-refractivity contribution in [2.75, 3.05) is 0 Å². The molecule has 0 bridgehead atoms. The third-order valence-corrected chi connectivity index (χ3v) is 6.75. The molecule has 0 fully saturated rings. The van der Waals surface area contributed by atoms with Crippen LogP contribution in [-0.2, 0) is 4.79 Å². The van der Waals surface area contributed by atoms with Crippen molar-refractivity contribution in [1.29, 1.82) is 0 Å². The van der Waals surface area contributed by atoms with Crippen molar-refractivity contribution in [3.63, 3.8) is 0 Å². The quantitative estimate of drug-likeness (QED) is 0.196. The molecular weight excluding hydrogens is 344 g/mol. The molecule has 0 aliphatic rings. The first-order chi connectivity index (χ1) is 13.6. The molecule has 0 aliphatic heterocycles. The van der Waals surface area contributed by atoms with E-state index in [1.165, 1.54) is 89.9 Å². The molecule has 0 aliphatic carbocycles. The number of carboxylic acids is 1. The van der Waals surface area contributed by atoms with E-state index in [0.29, 0.717) is 5.92 Å². The highest BCUT2D eigenvalue weighted by molar-refractivity contribution is 5.74. The molecule has 0 heterocycles. The second-order valence-corrected chi connectivity index (χ2v) is 9.23. The minimum absolute atomic E-state index is 0.481. The molecule has 2 nitrogen and oxygen atoms in total. The van der Waals surface area contributed by atoms with Gasteiger partial charge in [-0.25, -0.2) is 0 Å². The first-order valence-corrected chi connectivity index (χ1v) is 12.8. The molecule has 0 amide bonds. The number of aliphatic carboxylic acids is 1. The molecule has 0 aromatic carbocycles. The van der Waals surface area contributed by atoms with Gasteiger partial charge in [0.2, 0.25) is 0 Å². The van der Waals surface area contributed by atoms with Gasteiger partial charge < -0.3 is 5.11 Å². The van der Waals surface area contributed by atoms with E-state index in [0.717, 1.165) is 32.1 Å². The Bertz CT molecular complexity index is 352. The van der Waals surface area contributed by atoms with Crippen LogP contribution in [-0.4, -0.2) is 11.1 Å². The van der Waals surface area contributed by atoms with Gasteiger partial charge in [0.15, 0.2) is 0 Å². The van der Waals surface area contributed by atoms with Crippen LogP contribution in [0, 0.1) is 11.3 Å². The van der Waals surface area contributed by atoms with E-state index in [2.05, 4.69) is 27.7 Å². The average Bonchev–Trinajstić information content (AvgIpc) is 2.69. The first-order valence-electron chi connectivity index (χ1n) is 12.8. The topological polar surface area (TPSA) is 37.3 Å². The average molecular weight is 397 g/mol. The van der Waals surface area contributed by atoms with Gasteiger partial charge in [-0.15, -0.1) is 0 Å². The molecule has 0 rings (SSSR count). The summed E-state index contributed by atoms with van der Waals surface area (Å²) in [5.74, 6) is 0.0594. The van der Waals surface area contributed by atoms with E-state index in [9.17, 15) is 9.90 Å². The van der Waals surface area contributed by atoms with Crippen LogP contribution in [0.15, 0.2) is 0 Å². The Kier molecular flexibility index (Phi) is 18.1. The van der Waals surface area contributed by atoms with Crippen molar-refractivity contribution < 1.29 is 9.90 Å². The molecule has 0 radical (unpaired) electrons. The van der Waals surface area contributed by atoms with Gasteiger partial charge in [-0.2, -0.15) is 0 Å². The van der Waals surface area contributed by atoms with Gasteiger partial charge in [-0.3, -0.25) is 4.79 Å². The third-order valence-electron chi connectivity index (χ3n) is 6.75. The lowest BCUT2D eigenvalue weighted by Gasteiger charge is -2.32. The fourth-order valence-electron chi connectivity index (χ4n) is 4.61. The van der Waals surface area contributed by atoms with Crippen molar-refractivity contribution >= 4 is 5.97 Å². The maximum absolute atomic E-state index is 12.2. The number of hydrogen-bond donors (Lipinski definition) is 1. The van der Waals surface area contributed by atoms with Crippen molar-refractivity contribution in [3.05, 3.63) is 0 Å². The molecule has 168 valence electrons. The van der Waals surface area contributed by atoms with Crippen molar-refractivity contribution in [1.82, 2.24) is 0 Å². The Hall–Kier alpha value is -0.530. The molecule has 2 heteroatoms. The SMILES string of the molecule is CCCCCCCCCC(CCCCCCC)CC(CC)(CCCC)C(=O)O. The molecule has 0 spiro atoms. The van der Waals surface area contributed by atoms with Crippen molar-refractivity contribution in [2.45, 2.75) is 150 Å². The van der Waals surface area contributed by atoms with Gasteiger partial charge in [0.05, 0.1) is 5.41 Å². The minimum Gasteiger partial charge on any atom is -0.481 e. The normalized spacial score (nSPS) is 14.7. The summed E-state index contributed by atoms with van der Waals surface area (Å²) in [4.78, 5) is 12.2. The second-order valence-electron chi connectivity index (χ2n) is 9.23. The van der Waals surface area contributed by atoms with Crippen LogP contribution < -0.4 is 0 Å². The van der Waals surface area contributed by atoms with Gasteiger partial charge in [-0.05, 0) is 25.2 Å². The fourth-order valence-corrected chi connectivity index (χ4v) is 4.61. The molecule has 0 saturated heterocycles. The maximum Gasteiger partial charge on any atom is 0.309 e. The van der Waals surface area contributed by atoms with Crippen LogP contribution in [0.5, 0.6) is 0 Å². The molecule has 2 unspecified atom stereocenters. The lowest BCUT2D eigenvalue weighted by molar-refractivity contribution is -0.151. The predicted octanol–water partition coefficient (Wildman–Crippen LogP) is 9.17. The smallest absolute Gasteiger partial charge is 0.309 e. The summed E-state index contributed by atoms with van der Waals surface area (Å²) in [6, 6.07) is 0. The Morgan fingerprint density at radius 2 is 1.11 bits per heavy atom. The molecule has 1 N–H and O–H groups in total. The van der Waals surface area contributed by atoms with Gasteiger partial charge in [-0.1, -0.05) is 130 Å². The monoisotopic (exact) mass is 396 g/mol.